The zero-order valence-electron chi connectivity index (χ0n) is 12.1. The molecule has 0 atom stereocenters. The average Bonchev–Trinajstić information content (AvgIpc) is 2.86. The summed E-state index contributed by atoms with van der Waals surface area (Å²) in [5, 5.41) is 0. The molecule has 0 unspecified atom stereocenters. The third-order valence-electron chi connectivity index (χ3n) is 4.64. The lowest BCUT2D eigenvalue weighted by atomic mass is 9.84. The van der Waals surface area contributed by atoms with Gasteiger partial charge in [-0.2, -0.15) is 0 Å². The Balaban J connectivity index is 1.94. The number of alkyl halides is 1. The van der Waals surface area contributed by atoms with Crippen LogP contribution in [0.15, 0.2) is 18.5 Å². The van der Waals surface area contributed by atoms with Gasteiger partial charge >= 0.3 is 0 Å². The summed E-state index contributed by atoms with van der Waals surface area (Å²) in [6.07, 6.45) is 11.1. The van der Waals surface area contributed by atoms with Crippen molar-refractivity contribution in [1.29, 1.82) is 0 Å². The maximum absolute atomic E-state index is 5.95. The van der Waals surface area contributed by atoms with E-state index in [1.807, 2.05) is 12.4 Å². The first kappa shape index (κ1) is 13.9. The zero-order chi connectivity index (χ0) is 13.9. The SMILES string of the molecule is CCC1CCC(n2c(CCCl)nc3cnccc32)CC1. The molecule has 3 rings (SSSR count). The minimum atomic E-state index is 0.586. The van der Waals surface area contributed by atoms with Gasteiger partial charge in [-0.1, -0.05) is 13.3 Å². The highest BCUT2D eigenvalue weighted by atomic mass is 35.5. The van der Waals surface area contributed by atoms with Crippen molar-refractivity contribution < 1.29 is 0 Å². The number of fused-ring (bicyclic) bond motifs is 1. The van der Waals surface area contributed by atoms with Crippen molar-refractivity contribution in [1.82, 2.24) is 14.5 Å². The smallest absolute Gasteiger partial charge is 0.111 e. The van der Waals surface area contributed by atoms with Crippen molar-refractivity contribution in [2.24, 2.45) is 5.92 Å². The van der Waals surface area contributed by atoms with E-state index in [-0.39, 0.29) is 0 Å². The Bertz CT molecular complexity index is 570. The van der Waals surface area contributed by atoms with E-state index in [9.17, 15) is 0 Å². The Labute approximate surface area is 125 Å². The number of halogens is 1. The van der Waals surface area contributed by atoms with Gasteiger partial charge in [-0.25, -0.2) is 4.98 Å². The maximum atomic E-state index is 5.95. The number of rotatable bonds is 4. The molecule has 0 radical (unpaired) electrons. The lowest BCUT2D eigenvalue weighted by molar-refractivity contribution is 0.270. The first-order valence-electron chi connectivity index (χ1n) is 7.70. The van der Waals surface area contributed by atoms with Gasteiger partial charge in [-0.3, -0.25) is 4.98 Å². The summed E-state index contributed by atoms with van der Waals surface area (Å²) in [7, 11) is 0. The van der Waals surface area contributed by atoms with Gasteiger partial charge in [0.25, 0.3) is 0 Å². The van der Waals surface area contributed by atoms with Gasteiger partial charge in [0.2, 0.25) is 0 Å². The van der Waals surface area contributed by atoms with E-state index in [1.54, 1.807) is 0 Å². The van der Waals surface area contributed by atoms with Crippen LogP contribution in [0.2, 0.25) is 0 Å². The number of hydrogen-bond donors (Lipinski definition) is 0. The highest BCUT2D eigenvalue weighted by Gasteiger charge is 2.24. The minimum Gasteiger partial charge on any atom is -0.325 e. The molecular weight excluding hydrogens is 270 g/mol. The normalized spacial score (nSPS) is 23.3. The van der Waals surface area contributed by atoms with Gasteiger partial charge in [-0.15, -0.1) is 11.6 Å². The second kappa shape index (κ2) is 6.13. The fraction of sp³-hybridized carbons (Fsp3) is 0.625. The quantitative estimate of drug-likeness (QED) is 0.784. The predicted octanol–water partition coefficient (Wildman–Crippen LogP) is 4.35. The molecule has 20 heavy (non-hydrogen) atoms. The Hall–Kier alpha value is -1.09. The molecule has 108 valence electrons. The number of aryl methyl sites for hydroxylation is 1. The summed E-state index contributed by atoms with van der Waals surface area (Å²) in [4.78, 5) is 8.92. The number of aromatic nitrogens is 3. The fourth-order valence-electron chi connectivity index (χ4n) is 3.48. The van der Waals surface area contributed by atoms with E-state index in [1.165, 1.54) is 37.6 Å². The highest BCUT2D eigenvalue weighted by molar-refractivity contribution is 6.17. The van der Waals surface area contributed by atoms with E-state index in [0.29, 0.717) is 11.9 Å². The molecule has 3 nitrogen and oxygen atoms in total. The second-order valence-corrected chi connectivity index (χ2v) is 6.16. The van der Waals surface area contributed by atoms with Crippen LogP contribution in [0, 0.1) is 5.92 Å². The molecule has 1 fully saturated rings. The summed E-state index contributed by atoms with van der Waals surface area (Å²) in [5.74, 6) is 2.67. The van der Waals surface area contributed by atoms with Gasteiger partial charge in [-0.05, 0) is 37.7 Å². The number of hydrogen-bond acceptors (Lipinski definition) is 2. The molecular formula is C16H22ClN3. The second-order valence-electron chi connectivity index (χ2n) is 5.78. The highest BCUT2D eigenvalue weighted by Crippen LogP contribution is 2.36. The fourth-order valence-corrected chi connectivity index (χ4v) is 3.65. The van der Waals surface area contributed by atoms with E-state index >= 15 is 0 Å². The molecule has 0 amide bonds. The number of pyridine rings is 1. The molecule has 0 bridgehead atoms. The van der Waals surface area contributed by atoms with Crippen LogP contribution < -0.4 is 0 Å². The molecule has 1 aliphatic carbocycles. The lowest BCUT2D eigenvalue weighted by Gasteiger charge is -2.30. The summed E-state index contributed by atoms with van der Waals surface area (Å²) in [5.41, 5.74) is 2.23. The van der Waals surface area contributed by atoms with Gasteiger partial charge in [0.15, 0.2) is 0 Å². The third kappa shape index (κ3) is 2.56. The van der Waals surface area contributed by atoms with Gasteiger partial charge in [0.05, 0.1) is 11.7 Å². The Kier molecular flexibility index (Phi) is 4.25. The van der Waals surface area contributed by atoms with E-state index in [4.69, 9.17) is 16.6 Å². The molecule has 0 aliphatic heterocycles. The minimum absolute atomic E-state index is 0.586. The molecule has 0 saturated heterocycles. The van der Waals surface area contributed by atoms with Crippen LogP contribution in [0.25, 0.3) is 11.0 Å². The summed E-state index contributed by atoms with van der Waals surface area (Å²) >= 11 is 5.95. The van der Waals surface area contributed by atoms with Crippen LogP contribution in [0.3, 0.4) is 0 Å². The van der Waals surface area contributed by atoms with Gasteiger partial charge in [0, 0.05) is 24.5 Å². The van der Waals surface area contributed by atoms with Crippen LogP contribution in [0.5, 0.6) is 0 Å². The molecule has 1 aliphatic rings. The molecule has 2 aromatic heterocycles. The molecule has 2 heterocycles. The van der Waals surface area contributed by atoms with Crippen molar-refractivity contribution in [3.05, 3.63) is 24.3 Å². The van der Waals surface area contributed by atoms with Crippen LogP contribution in [-0.4, -0.2) is 20.4 Å². The molecule has 0 aromatic carbocycles. The lowest BCUT2D eigenvalue weighted by Crippen LogP contribution is -2.19. The molecule has 0 N–H and O–H groups in total. The predicted molar refractivity (Wildman–Crippen MR) is 83.2 cm³/mol. The third-order valence-corrected chi connectivity index (χ3v) is 4.83. The van der Waals surface area contributed by atoms with E-state index in [0.717, 1.165) is 23.7 Å². The van der Waals surface area contributed by atoms with E-state index < -0.39 is 0 Å². The molecule has 2 aromatic rings. The Morgan fingerprint density at radius 2 is 2.10 bits per heavy atom. The monoisotopic (exact) mass is 291 g/mol. The summed E-state index contributed by atoms with van der Waals surface area (Å²) < 4.78 is 2.44. The van der Waals surface area contributed by atoms with Crippen molar-refractivity contribution in [2.45, 2.75) is 51.5 Å². The van der Waals surface area contributed by atoms with Crippen LogP contribution >= 0.6 is 11.6 Å². The Morgan fingerprint density at radius 1 is 1.30 bits per heavy atom. The van der Waals surface area contributed by atoms with Gasteiger partial charge < -0.3 is 4.57 Å². The van der Waals surface area contributed by atoms with Crippen molar-refractivity contribution in [3.8, 4) is 0 Å². The van der Waals surface area contributed by atoms with Crippen LogP contribution in [-0.2, 0) is 6.42 Å². The first-order chi connectivity index (χ1) is 9.83. The summed E-state index contributed by atoms with van der Waals surface area (Å²) in [6, 6.07) is 2.68. The largest absolute Gasteiger partial charge is 0.325 e. The first-order valence-corrected chi connectivity index (χ1v) is 8.23. The summed E-state index contributed by atoms with van der Waals surface area (Å²) in [6.45, 7) is 2.31. The molecule has 1 saturated carbocycles. The van der Waals surface area contributed by atoms with Crippen LogP contribution in [0.4, 0.5) is 0 Å². The Morgan fingerprint density at radius 3 is 2.80 bits per heavy atom. The van der Waals surface area contributed by atoms with Crippen molar-refractivity contribution in [2.75, 3.05) is 5.88 Å². The zero-order valence-corrected chi connectivity index (χ0v) is 12.8. The molecule has 0 spiro atoms. The molecule has 4 heteroatoms. The van der Waals surface area contributed by atoms with Crippen molar-refractivity contribution >= 4 is 22.6 Å². The number of imidazole rings is 1. The van der Waals surface area contributed by atoms with Gasteiger partial charge in [0.1, 0.15) is 11.3 Å². The maximum Gasteiger partial charge on any atom is 0.111 e. The standard InChI is InChI=1S/C16H22ClN3/c1-2-12-3-5-13(6-4-12)20-15-8-10-18-11-14(15)19-16(20)7-9-17/h8,10-13H,2-7,9H2,1H3. The van der Waals surface area contributed by atoms with E-state index in [2.05, 4.69) is 22.5 Å². The van der Waals surface area contributed by atoms with Crippen molar-refractivity contribution in [3.63, 3.8) is 0 Å². The number of nitrogens with zero attached hydrogens (tertiary/aromatic N) is 3. The topological polar surface area (TPSA) is 30.7 Å². The van der Waals surface area contributed by atoms with Crippen LogP contribution in [0.1, 0.15) is 50.9 Å². The average molecular weight is 292 g/mol.